The van der Waals surface area contributed by atoms with Crippen LogP contribution in [0.2, 0.25) is 0 Å². The van der Waals surface area contributed by atoms with E-state index in [-0.39, 0.29) is 0 Å². The lowest BCUT2D eigenvalue weighted by atomic mass is 11.0. The molecule has 0 aliphatic rings. The number of nitrogens with zero attached hydrogens (tertiary/aromatic N) is 2. The van der Waals surface area contributed by atoms with Crippen molar-refractivity contribution >= 4 is 12.6 Å². The first-order chi connectivity index (χ1) is 2.89. The summed E-state index contributed by atoms with van der Waals surface area (Å²) in [6.07, 6.45) is 1.37. The van der Waals surface area contributed by atoms with Crippen LogP contribution >= 0.6 is 12.6 Å². The molecule has 1 radical (unpaired) electrons. The molecule has 0 saturated heterocycles. The first-order valence-corrected chi connectivity index (χ1v) is 1.75. The maximum atomic E-state index is 4.48. The van der Waals surface area contributed by atoms with Crippen LogP contribution in [-0.4, -0.2) is 10.3 Å². The van der Waals surface area contributed by atoms with Gasteiger partial charge in [0.15, 0.2) is 5.03 Å². The zero-order chi connectivity index (χ0) is 4.41. The quantitative estimate of drug-likeness (QED) is 0.481. The molecule has 0 atom stereocenters. The van der Waals surface area contributed by atoms with E-state index in [0.29, 0.717) is 5.03 Å². The molecule has 1 aromatic rings. The zero-order valence-electron chi connectivity index (χ0n) is 2.79. The van der Waals surface area contributed by atoms with Gasteiger partial charge in [0.2, 0.25) is 0 Å². The maximum Gasteiger partial charge on any atom is 0.190 e. The second-order valence-electron chi connectivity index (χ2n) is 0.746. The molecule has 3 nitrogen and oxygen atoms in total. The maximum absolute atomic E-state index is 4.48. The molecule has 0 aliphatic heterocycles. The highest BCUT2D eigenvalue weighted by Crippen LogP contribution is 1.92. The van der Waals surface area contributed by atoms with Gasteiger partial charge in [0.1, 0.15) is 6.20 Å². The van der Waals surface area contributed by atoms with Gasteiger partial charge in [0.25, 0.3) is 0 Å². The molecule has 0 aromatic carbocycles. The number of hydrogen-bond donors (Lipinski definition) is 0. The van der Waals surface area contributed by atoms with Crippen LogP contribution in [-0.2, 0) is 0 Å². The third-order valence-electron chi connectivity index (χ3n) is 0.341. The SMILES string of the molecule is [S]c1cnon1. The Morgan fingerprint density at radius 2 is 2.67 bits per heavy atom. The predicted molar refractivity (Wildman–Crippen MR) is 20.2 cm³/mol. The van der Waals surface area contributed by atoms with Gasteiger partial charge in [0.05, 0.1) is 0 Å². The molecule has 31 valence electrons. The van der Waals surface area contributed by atoms with Crippen LogP contribution in [0.1, 0.15) is 0 Å². The normalized spacial score (nSPS) is 8.67. The van der Waals surface area contributed by atoms with Gasteiger partial charge < -0.3 is 0 Å². The van der Waals surface area contributed by atoms with E-state index in [1.54, 1.807) is 0 Å². The number of aromatic nitrogens is 2. The van der Waals surface area contributed by atoms with Crippen molar-refractivity contribution in [2.24, 2.45) is 0 Å². The fourth-order valence-corrected chi connectivity index (χ4v) is 0.232. The Kier molecular flexibility index (Phi) is 0.719. The van der Waals surface area contributed by atoms with Crippen LogP contribution in [0.4, 0.5) is 0 Å². The van der Waals surface area contributed by atoms with E-state index in [0.717, 1.165) is 0 Å². The van der Waals surface area contributed by atoms with Crippen LogP contribution in [0.5, 0.6) is 0 Å². The third-order valence-corrected chi connectivity index (χ3v) is 0.521. The highest BCUT2D eigenvalue weighted by Gasteiger charge is 1.83. The van der Waals surface area contributed by atoms with Crippen LogP contribution in [0.25, 0.3) is 0 Å². The molecule has 0 N–H and O–H groups in total. The summed E-state index contributed by atoms with van der Waals surface area (Å²) in [6.45, 7) is 0. The Morgan fingerprint density at radius 3 is 2.83 bits per heavy atom. The molecule has 0 aliphatic carbocycles. The summed E-state index contributed by atoms with van der Waals surface area (Å²) < 4.78 is 4.11. The largest absolute Gasteiger partial charge is 0.243 e. The summed E-state index contributed by atoms with van der Waals surface area (Å²) >= 11 is 4.48. The van der Waals surface area contributed by atoms with Crippen molar-refractivity contribution < 1.29 is 4.63 Å². The van der Waals surface area contributed by atoms with Crippen LogP contribution < -0.4 is 0 Å². The molecule has 1 rings (SSSR count). The van der Waals surface area contributed by atoms with E-state index in [2.05, 4.69) is 27.6 Å². The van der Waals surface area contributed by atoms with Crippen molar-refractivity contribution in [1.29, 1.82) is 0 Å². The predicted octanol–water partition coefficient (Wildman–Crippen LogP) is 0.626. The van der Waals surface area contributed by atoms with Crippen molar-refractivity contribution in [3.63, 3.8) is 0 Å². The van der Waals surface area contributed by atoms with Crippen LogP contribution in [0.15, 0.2) is 15.9 Å². The van der Waals surface area contributed by atoms with Crippen LogP contribution in [0, 0.1) is 0 Å². The number of hydrogen-bond acceptors (Lipinski definition) is 3. The lowest BCUT2D eigenvalue weighted by molar-refractivity contribution is 0.298. The van der Waals surface area contributed by atoms with E-state index in [1.807, 2.05) is 0 Å². The topological polar surface area (TPSA) is 38.9 Å². The molecular formula is C2HN2OS. The lowest BCUT2D eigenvalue weighted by Gasteiger charge is -1.55. The van der Waals surface area contributed by atoms with E-state index in [1.165, 1.54) is 6.20 Å². The number of rotatable bonds is 0. The summed E-state index contributed by atoms with van der Waals surface area (Å²) in [5, 5.41) is 6.88. The minimum absolute atomic E-state index is 0.398. The second kappa shape index (κ2) is 1.22. The minimum Gasteiger partial charge on any atom is -0.243 e. The van der Waals surface area contributed by atoms with Crippen LogP contribution in [0.3, 0.4) is 0 Å². The standard InChI is InChI=1S/C2HN2OS/c6-2-1-3-5-4-2/h1H. The summed E-state index contributed by atoms with van der Waals surface area (Å²) in [7, 11) is 0. The van der Waals surface area contributed by atoms with E-state index >= 15 is 0 Å². The fourth-order valence-electron chi connectivity index (χ4n) is 0.156. The Morgan fingerprint density at radius 1 is 1.83 bits per heavy atom. The Bertz CT molecular complexity index is 115. The summed E-state index contributed by atoms with van der Waals surface area (Å²) in [5.41, 5.74) is 0. The molecule has 0 spiro atoms. The van der Waals surface area contributed by atoms with Gasteiger partial charge in [-0.15, -0.1) is 0 Å². The Labute approximate surface area is 39.7 Å². The zero-order valence-corrected chi connectivity index (χ0v) is 3.60. The molecule has 0 saturated carbocycles. The smallest absolute Gasteiger partial charge is 0.190 e. The van der Waals surface area contributed by atoms with E-state index < -0.39 is 0 Å². The van der Waals surface area contributed by atoms with Crippen molar-refractivity contribution in [3.8, 4) is 0 Å². The summed E-state index contributed by atoms with van der Waals surface area (Å²) in [6, 6.07) is 0. The average molecular weight is 101 g/mol. The molecule has 1 aromatic heterocycles. The van der Waals surface area contributed by atoms with Gasteiger partial charge in [0, 0.05) is 0 Å². The van der Waals surface area contributed by atoms with Crippen molar-refractivity contribution in [2.45, 2.75) is 5.03 Å². The lowest BCUT2D eigenvalue weighted by Crippen LogP contribution is -1.51. The summed E-state index contributed by atoms with van der Waals surface area (Å²) in [4.78, 5) is 0. The van der Waals surface area contributed by atoms with Gasteiger partial charge in [-0.05, 0) is 5.16 Å². The van der Waals surface area contributed by atoms with E-state index in [4.69, 9.17) is 0 Å². The molecule has 0 amide bonds. The molecule has 6 heavy (non-hydrogen) atoms. The minimum atomic E-state index is 0.398. The van der Waals surface area contributed by atoms with Gasteiger partial charge in [-0.1, -0.05) is 17.8 Å². The second-order valence-corrected chi connectivity index (χ2v) is 1.16. The van der Waals surface area contributed by atoms with Gasteiger partial charge in [-0.2, -0.15) is 0 Å². The molecule has 1 heterocycles. The van der Waals surface area contributed by atoms with Gasteiger partial charge in [-0.3, -0.25) is 0 Å². The first kappa shape index (κ1) is 3.55. The van der Waals surface area contributed by atoms with Crippen molar-refractivity contribution in [1.82, 2.24) is 10.3 Å². The van der Waals surface area contributed by atoms with Crippen molar-refractivity contribution in [2.75, 3.05) is 0 Å². The molecule has 0 fully saturated rings. The van der Waals surface area contributed by atoms with Gasteiger partial charge >= 0.3 is 0 Å². The fraction of sp³-hybridized carbons (Fsp3) is 0. The Balaban J connectivity index is 3.05. The van der Waals surface area contributed by atoms with Gasteiger partial charge in [-0.25, -0.2) is 4.63 Å². The summed E-state index contributed by atoms with van der Waals surface area (Å²) in [5.74, 6) is 0. The highest BCUT2D eigenvalue weighted by atomic mass is 32.1. The molecular weight excluding hydrogens is 100 g/mol. The molecule has 0 bridgehead atoms. The highest BCUT2D eigenvalue weighted by molar-refractivity contribution is 7.80. The Hall–Kier alpha value is -0.640. The first-order valence-electron chi connectivity index (χ1n) is 1.34. The monoisotopic (exact) mass is 101 g/mol. The third kappa shape index (κ3) is 0.463. The average Bonchev–Trinajstić information content (AvgIpc) is 1.86. The molecule has 0 unspecified atom stereocenters. The molecule has 4 heteroatoms. The van der Waals surface area contributed by atoms with Crippen molar-refractivity contribution in [3.05, 3.63) is 6.20 Å². The van der Waals surface area contributed by atoms with E-state index in [9.17, 15) is 0 Å².